The Kier molecular flexibility index (Phi) is 9.52. The molecule has 1 unspecified atom stereocenters. The molecule has 0 aliphatic carbocycles. The summed E-state index contributed by atoms with van der Waals surface area (Å²) in [5, 5.41) is 34.7. The predicted octanol–water partition coefficient (Wildman–Crippen LogP) is -1.37. The lowest BCUT2D eigenvalue weighted by molar-refractivity contribution is -0.164. The fourth-order valence-electron chi connectivity index (χ4n) is 3.59. The molecule has 1 aliphatic rings. The highest BCUT2D eigenvalue weighted by molar-refractivity contribution is 6.06. The number of carbonyl (C=O) groups excluding carboxylic acids is 4. The summed E-state index contributed by atoms with van der Waals surface area (Å²) >= 11 is 0. The number of carboxylic acids is 1. The number of aliphatic hydroxyl groups excluding tert-OH is 1. The fourth-order valence-corrected chi connectivity index (χ4v) is 3.59. The number of aliphatic hydroxyl groups is 1. The van der Waals surface area contributed by atoms with Gasteiger partial charge in [-0.1, -0.05) is 30.3 Å². The quantitative estimate of drug-likeness (QED) is 0.0792. The van der Waals surface area contributed by atoms with E-state index in [2.05, 4.69) is 16.0 Å². The second kappa shape index (κ2) is 12.3. The zero-order valence-corrected chi connectivity index (χ0v) is 19.1. The average molecular weight is 492 g/mol. The van der Waals surface area contributed by atoms with Gasteiger partial charge in [-0.3, -0.25) is 24.6 Å². The number of nitrogens with two attached hydrogens (primary N) is 1. The molecule has 0 spiro atoms. The number of rotatable bonds is 12. The van der Waals surface area contributed by atoms with Crippen molar-refractivity contribution in [1.29, 1.82) is 5.41 Å². The van der Waals surface area contributed by atoms with Gasteiger partial charge in [-0.15, -0.1) is 0 Å². The van der Waals surface area contributed by atoms with Crippen LogP contribution in [0.15, 0.2) is 30.3 Å². The van der Waals surface area contributed by atoms with Crippen LogP contribution >= 0.6 is 0 Å². The van der Waals surface area contributed by atoms with E-state index in [1.807, 2.05) is 0 Å². The topological polar surface area (TPSA) is 218 Å². The van der Waals surface area contributed by atoms with Gasteiger partial charge in [0.25, 0.3) is 5.91 Å². The smallest absolute Gasteiger partial charge is 0.344 e. The van der Waals surface area contributed by atoms with Crippen LogP contribution in [0.5, 0.6) is 0 Å². The minimum absolute atomic E-state index is 0.142. The number of hydrogen-bond acceptors (Lipinski definition) is 7. The van der Waals surface area contributed by atoms with E-state index in [1.54, 1.807) is 30.3 Å². The van der Waals surface area contributed by atoms with Crippen molar-refractivity contribution in [2.45, 2.75) is 44.3 Å². The van der Waals surface area contributed by atoms with Crippen LogP contribution in [-0.2, 0) is 19.2 Å². The SMILES string of the molecule is CC(=O)N(C(CC(=O)O)C(=O)N[C@H](CO)c1ccccc1)N1C(=O)N[C@@H](CCCNC(=N)N)C1=O. The number of benzene rings is 1. The number of carbonyl (C=O) groups is 5. The van der Waals surface area contributed by atoms with Crippen molar-refractivity contribution < 1.29 is 34.2 Å². The average Bonchev–Trinajstić information content (AvgIpc) is 3.07. The molecular formula is C21H29N7O7. The zero-order valence-electron chi connectivity index (χ0n) is 19.1. The van der Waals surface area contributed by atoms with Gasteiger partial charge in [0.05, 0.1) is 19.1 Å². The Morgan fingerprint density at radius 1 is 1.26 bits per heavy atom. The molecule has 1 aromatic rings. The third-order valence-electron chi connectivity index (χ3n) is 5.19. The van der Waals surface area contributed by atoms with Crippen LogP contribution in [0.3, 0.4) is 0 Å². The van der Waals surface area contributed by atoms with Gasteiger partial charge in [0.1, 0.15) is 12.1 Å². The van der Waals surface area contributed by atoms with Gasteiger partial charge < -0.3 is 31.9 Å². The Balaban J connectivity index is 2.26. The van der Waals surface area contributed by atoms with Crippen LogP contribution in [0.2, 0.25) is 0 Å². The van der Waals surface area contributed by atoms with Crippen molar-refractivity contribution in [3.8, 4) is 0 Å². The number of amides is 5. The number of hydrazine groups is 1. The Labute approximate surface area is 200 Å². The van der Waals surface area contributed by atoms with E-state index in [0.29, 0.717) is 22.0 Å². The van der Waals surface area contributed by atoms with Crippen molar-refractivity contribution >= 4 is 35.7 Å². The number of nitrogens with one attached hydrogen (secondary N) is 4. The predicted molar refractivity (Wildman–Crippen MR) is 121 cm³/mol. The van der Waals surface area contributed by atoms with Crippen LogP contribution < -0.4 is 21.7 Å². The van der Waals surface area contributed by atoms with E-state index < -0.39 is 60.9 Å². The van der Waals surface area contributed by atoms with Crippen molar-refractivity contribution in [3.05, 3.63) is 35.9 Å². The van der Waals surface area contributed by atoms with E-state index in [9.17, 15) is 34.2 Å². The van der Waals surface area contributed by atoms with Crippen LogP contribution in [0.1, 0.15) is 37.8 Å². The molecule has 35 heavy (non-hydrogen) atoms. The maximum Gasteiger partial charge on any atom is 0.344 e. The lowest BCUT2D eigenvalue weighted by Crippen LogP contribution is -2.59. The largest absolute Gasteiger partial charge is 0.481 e. The van der Waals surface area contributed by atoms with Crippen molar-refractivity contribution in [2.24, 2.45) is 5.73 Å². The summed E-state index contributed by atoms with van der Waals surface area (Å²) in [6, 6.07) is 3.68. The molecule has 0 radical (unpaired) electrons. The maximum atomic E-state index is 13.1. The standard InChI is InChI=1S/C21H29N7O7/c1-12(30)27(28-19(34)14(26-21(28)35)8-5-9-24-20(22)23)16(10-17(31)32)18(33)25-15(11-29)13-6-3-2-4-7-13/h2-4,6-7,14-16,29H,5,8-11H2,1H3,(H,25,33)(H,26,35)(H,31,32)(H4,22,23,24)/t14-,15+,16?/m0/s1. The second-order valence-corrected chi connectivity index (χ2v) is 7.77. The molecule has 0 saturated carbocycles. The van der Waals surface area contributed by atoms with Gasteiger partial charge in [-0.25, -0.2) is 9.80 Å². The summed E-state index contributed by atoms with van der Waals surface area (Å²) in [6.45, 7) is 0.736. The molecule has 2 rings (SSSR count). The van der Waals surface area contributed by atoms with Crippen molar-refractivity contribution in [3.63, 3.8) is 0 Å². The van der Waals surface area contributed by atoms with Gasteiger partial charge >= 0.3 is 12.0 Å². The molecule has 1 saturated heterocycles. The molecule has 1 fully saturated rings. The molecule has 3 atom stereocenters. The monoisotopic (exact) mass is 491 g/mol. The molecule has 190 valence electrons. The minimum atomic E-state index is -1.75. The Morgan fingerprint density at radius 3 is 2.46 bits per heavy atom. The van der Waals surface area contributed by atoms with Gasteiger partial charge in [-0.2, -0.15) is 5.01 Å². The number of hydrogen-bond donors (Lipinski definition) is 7. The summed E-state index contributed by atoms with van der Waals surface area (Å²) in [5.74, 6) is -4.42. The van der Waals surface area contributed by atoms with Crippen molar-refractivity contribution in [1.82, 2.24) is 26.0 Å². The van der Waals surface area contributed by atoms with Crippen LogP contribution in [0.4, 0.5) is 4.79 Å². The molecule has 0 bridgehead atoms. The van der Waals surface area contributed by atoms with Gasteiger partial charge in [-0.05, 0) is 18.4 Å². The summed E-state index contributed by atoms with van der Waals surface area (Å²) in [4.78, 5) is 62.7. The van der Waals surface area contributed by atoms with E-state index in [4.69, 9.17) is 11.1 Å². The normalized spacial score (nSPS) is 16.7. The summed E-state index contributed by atoms with van der Waals surface area (Å²) in [6.07, 6.45) is -0.412. The van der Waals surface area contributed by atoms with Crippen LogP contribution in [-0.4, -0.2) is 81.1 Å². The molecule has 0 aromatic heterocycles. The molecule has 1 aromatic carbocycles. The second-order valence-electron chi connectivity index (χ2n) is 7.77. The summed E-state index contributed by atoms with van der Waals surface area (Å²) in [5.41, 5.74) is 5.72. The number of nitrogens with zero attached hydrogens (tertiary/aromatic N) is 2. The highest BCUT2D eigenvalue weighted by Gasteiger charge is 2.47. The Bertz CT molecular complexity index is 972. The van der Waals surface area contributed by atoms with E-state index in [0.717, 1.165) is 6.92 Å². The highest BCUT2D eigenvalue weighted by atomic mass is 16.4. The first-order valence-corrected chi connectivity index (χ1v) is 10.8. The number of guanidine groups is 1. The number of urea groups is 1. The third kappa shape index (κ3) is 7.14. The molecule has 1 heterocycles. The van der Waals surface area contributed by atoms with Gasteiger partial charge in [0.2, 0.25) is 11.8 Å². The highest BCUT2D eigenvalue weighted by Crippen LogP contribution is 2.20. The molecule has 14 nitrogen and oxygen atoms in total. The summed E-state index contributed by atoms with van der Waals surface area (Å²) < 4.78 is 0. The summed E-state index contributed by atoms with van der Waals surface area (Å²) in [7, 11) is 0. The van der Waals surface area contributed by atoms with Crippen LogP contribution in [0, 0.1) is 5.41 Å². The van der Waals surface area contributed by atoms with E-state index in [1.165, 1.54) is 0 Å². The molecule has 1 aliphatic heterocycles. The molecular weight excluding hydrogens is 462 g/mol. The fraction of sp³-hybridized carbons (Fsp3) is 0.429. The Hall–Kier alpha value is -4.20. The number of aliphatic carboxylic acids is 1. The Morgan fingerprint density at radius 2 is 1.91 bits per heavy atom. The first-order valence-electron chi connectivity index (χ1n) is 10.8. The molecule has 5 amide bonds. The molecule has 14 heteroatoms. The lowest BCUT2D eigenvalue weighted by atomic mass is 10.1. The molecule has 8 N–H and O–H groups in total. The van der Waals surface area contributed by atoms with Crippen LogP contribution in [0.25, 0.3) is 0 Å². The minimum Gasteiger partial charge on any atom is -0.481 e. The van der Waals surface area contributed by atoms with E-state index in [-0.39, 0.29) is 18.9 Å². The van der Waals surface area contributed by atoms with Gasteiger partial charge in [0.15, 0.2) is 5.96 Å². The van der Waals surface area contributed by atoms with E-state index >= 15 is 0 Å². The number of carboxylic acid groups (broad SMARTS) is 1. The van der Waals surface area contributed by atoms with Gasteiger partial charge in [0, 0.05) is 13.5 Å². The zero-order chi connectivity index (χ0) is 26.1. The van der Waals surface area contributed by atoms with Crippen molar-refractivity contribution in [2.75, 3.05) is 13.2 Å². The maximum absolute atomic E-state index is 13.1. The lowest BCUT2D eigenvalue weighted by Gasteiger charge is -2.34. The first-order chi connectivity index (χ1) is 16.6. The third-order valence-corrected chi connectivity index (χ3v) is 5.19. The number of imide groups is 1. The first kappa shape index (κ1) is 27.0.